The molecular weight excluding hydrogens is 356 g/mol. The van der Waals surface area contributed by atoms with E-state index >= 15 is 0 Å². The van der Waals surface area contributed by atoms with Crippen LogP contribution >= 0.6 is 0 Å². The van der Waals surface area contributed by atoms with Gasteiger partial charge in [0.2, 0.25) is 0 Å². The molecule has 2 rings (SSSR count). The van der Waals surface area contributed by atoms with Gasteiger partial charge in [0.1, 0.15) is 11.8 Å². The average Bonchev–Trinajstić information content (AvgIpc) is 2.49. The van der Waals surface area contributed by atoms with Gasteiger partial charge in [-0.1, -0.05) is 20.8 Å². The van der Waals surface area contributed by atoms with E-state index in [0.29, 0.717) is 11.4 Å². The first-order valence-corrected chi connectivity index (χ1v) is 11.6. The number of benzene rings is 1. The van der Waals surface area contributed by atoms with Gasteiger partial charge in [0.15, 0.2) is 13.9 Å². The minimum Gasteiger partial charge on any atom is -0.497 e. The Morgan fingerprint density at radius 2 is 1.62 bits per heavy atom. The summed E-state index contributed by atoms with van der Waals surface area (Å²) in [7, 11) is -0.894. The SMILES string of the molecule is COc1ccc(N2C(=O)[C@](C)(O[Si](C)(C)C(C)(C)C)[C@@H]2C(C)(F)F)cc1. The van der Waals surface area contributed by atoms with Crippen LogP contribution in [-0.4, -0.2) is 38.9 Å². The molecule has 1 aromatic carbocycles. The molecular formula is C19H29F2NO3Si. The molecule has 1 saturated heterocycles. The molecule has 0 aromatic heterocycles. The highest BCUT2D eigenvalue weighted by Gasteiger charge is 2.68. The number of alkyl halides is 2. The summed E-state index contributed by atoms with van der Waals surface area (Å²) in [5.41, 5.74) is -1.13. The van der Waals surface area contributed by atoms with Gasteiger partial charge in [-0.3, -0.25) is 9.69 Å². The Kier molecular flexibility index (Phi) is 5.05. The van der Waals surface area contributed by atoms with Gasteiger partial charge in [-0.15, -0.1) is 0 Å². The maximum absolute atomic E-state index is 14.5. The summed E-state index contributed by atoms with van der Waals surface area (Å²) < 4.78 is 40.3. The standard InChI is InChI=1S/C19H29F2NO3Si/c1-17(2,3)26(7,8)25-18(4)15(19(5,20)21)22(16(18)23)13-9-11-14(24-6)12-10-13/h9-12,15H,1-8H3/t15-,18-/m1/s1. The minimum absolute atomic E-state index is 0.190. The van der Waals surface area contributed by atoms with Gasteiger partial charge in [-0.05, 0) is 49.3 Å². The van der Waals surface area contributed by atoms with Crippen molar-refractivity contribution in [3.8, 4) is 5.75 Å². The third kappa shape index (κ3) is 3.39. The van der Waals surface area contributed by atoms with Gasteiger partial charge in [0.05, 0.1) is 7.11 Å². The summed E-state index contributed by atoms with van der Waals surface area (Å²) in [5, 5.41) is -0.190. The van der Waals surface area contributed by atoms with Crippen LogP contribution in [-0.2, 0) is 9.22 Å². The number of amides is 1. The highest BCUT2D eigenvalue weighted by molar-refractivity contribution is 6.74. The number of methoxy groups -OCH3 is 1. The van der Waals surface area contributed by atoms with Crippen LogP contribution in [0, 0.1) is 0 Å². The van der Waals surface area contributed by atoms with Crippen LogP contribution in [0.25, 0.3) is 0 Å². The number of rotatable bonds is 5. The van der Waals surface area contributed by atoms with E-state index < -0.39 is 31.8 Å². The number of nitrogens with zero attached hydrogens (tertiary/aromatic N) is 1. The first kappa shape index (κ1) is 20.8. The monoisotopic (exact) mass is 385 g/mol. The molecule has 1 heterocycles. The predicted octanol–water partition coefficient (Wildman–Crippen LogP) is 4.85. The van der Waals surface area contributed by atoms with Crippen molar-refractivity contribution in [2.75, 3.05) is 12.0 Å². The van der Waals surface area contributed by atoms with E-state index in [9.17, 15) is 13.6 Å². The second-order valence-electron chi connectivity index (χ2n) is 8.70. The van der Waals surface area contributed by atoms with Crippen LogP contribution in [0.3, 0.4) is 0 Å². The van der Waals surface area contributed by atoms with Gasteiger partial charge in [0, 0.05) is 12.6 Å². The average molecular weight is 386 g/mol. The number of ether oxygens (including phenoxy) is 1. The summed E-state index contributed by atoms with van der Waals surface area (Å²) in [5.74, 6) is -2.94. The van der Waals surface area contributed by atoms with Crippen molar-refractivity contribution in [3.05, 3.63) is 24.3 Å². The highest BCUT2D eigenvalue weighted by atomic mass is 28.4. The van der Waals surface area contributed by atoms with Crippen LogP contribution in [0.2, 0.25) is 18.1 Å². The van der Waals surface area contributed by atoms with Crippen molar-refractivity contribution in [1.82, 2.24) is 0 Å². The van der Waals surface area contributed by atoms with E-state index in [-0.39, 0.29) is 5.04 Å². The Morgan fingerprint density at radius 3 is 2.00 bits per heavy atom. The lowest BCUT2D eigenvalue weighted by atomic mass is 9.79. The third-order valence-electron chi connectivity index (χ3n) is 5.53. The summed E-state index contributed by atoms with van der Waals surface area (Å²) >= 11 is 0. The molecule has 1 fully saturated rings. The van der Waals surface area contributed by atoms with Crippen molar-refractivity contribution in [3.63, 3.8) is 0 Å². The molecule has 4 nitrogen and oxygen atoms in total. The van der Waals surface area contributed by atoms with E-state index in [2.05, 4.69) is 0 Å². The molecule has 1 aromatic rings. The zero-order chi connectivity index (χ0) is 20.1. The molecule has 0 bridgehead atoms. The number of carbonyl (C=O) groups excluding carboxylic acids is 1. The van der Waals surface area contributed by atoms with Crippen LogP contribution < -0.4 is 9.64 Å². The summed E-state index contributed by atoms with van der Waals surface area (Å²) in [6, 6.07) is 5.17. The first-order valence-electron chi connectivity index (χ1n) is 8.71. The van der Waals surface area contributed by atoms with Gasteiger partial charge >= 0.3 is 0 Å². The lowest BCUT2D eigenvalue weighted by Gasteiger charge is -2.58. The number of hydrogen-bond acceptors (Lipinski definition) is 3. The molecule has 0 radical (unpaired) electrons. The van der Waals surface area contributed by atoms with Gasteiger partial charge in [-0.25, -0.2) is 8.78 Å². The molecule has 0 unspecified atom stereocenters. The van der Waals surface area contributed by atoms with E-state index in [0.717, 1.165) is 11.8 Å². The normalized spacial score (nSPS) is 24.5. The number of anilines is 1. The second-order valence-corrected chi connectivity index (χ2v) is 13.4. The molecule has 146 valence electrons. The summed E-state index contributed by atoms with van der Waals surface area (Å²) in [4.78, 5) is 14.1. The van der Waals surface area contributed by atoms with Crippen LogP contribution in [0.5, 0.6) is 5.75 Å². The van der Waals surface area contributed by atoms with Crippen molar-refractivity contribution >= 4 is 19.9 Å². The molecule has 0 saturated carbocycles. The number of hydrogen-bond donors (Lipinski definition) is 0. The van der Waals surface area contributed by atoms with Crippen molar-refractivity contribution < 1.29 is 22.7 Å². The van der Waals surface area contributed by atoms with Gasteiger partial charge in [0.25, 0.3) is 11.8 Å². The lowest BCUT2D eigenvalue weighted by molar-refractivity contribution is -0.168. The number of halogens is 2. The molecule has 7 heteroatoms. The molecule has 26 heavy (non-hydrogen) atoms. The molecule has 0 spiro atoms. The quantitative estimate of drug-likeness (QED) is 0.537. The minimum atomic E-state index is -3.11. The fraction of sp³-hybridized carbons (Fsp3) is 0.632. The largest absolute Gasteiger partial charge is 0.497 e. The van der Waals surface area contributed by atoms with Gasteiger partial charge in [-0.2, -0.15) is 0 Å². The summed E-state index contributed by atoms with van der Waals surface area (Å²) in [6.45, 7) is 12.3. The predicted molar refractivity (Wildman–Crippen MR) is 102 cm³/mol. The second kappa shape index (κ2) is 6.30. The Labute approximate surface area is 155 Å². The number of carbonyl (C=O) groups is 1. The van der Waals surface area contributed by atoms with Crippen LogP contribution in [0.4, 0.5) is 14.5 Å². The molecule has 2 atom stereocenters. The van der Waals surface area contributed by atoms with Gasteiger partial charge < -0.3 is 9.16 Å². The molecule has 1 aliphatic rings. The zero-order valence-corrected chi connectivity index (χ0v) is 17.8. The fourth-order valence-corrected chi connectivity index (χ4v) is 4.72. The Balaban J connectivity index is 2.41. The zero-order valence-electron chi connectivity index (χ0n) is 16.8. The Hall–Kier alpha value is -1.47. The number of β-lactam (4-membered cyclic amide) rings is 1. The van der Waals surface area contributed by atoms with Crippen LogP contribution in [0.15, 0.2) is 24.3 Å². The first-order chi connectivity index (χ1) is 11.6. The maximum Gasteiger partial charge on any atom is 0.269 e. The Bertz CT molecular complexity index is 680. The topological polar surface area (TPSA) is 38.8 Å². The maximum atomic E-state index is 14.5. The smallest absolute Gasteiger partial charge is 0.269 e. The molecule has 1 aliphatic heterocycles. The lowest BCUT2D eigenvalue weighted by Crippen LogP contribution is -2.80. The van der Waals surface area contributed by atoms with Crippen LogP contribution in [0.1, 0.15) is 34.6 Å². The van der Waals surface area contributed by atoms with E-state index in [1.54, 1.807) is 24.3 Å². The van der Waals surface area contributed by atoms with Crippen molar-refractivity contribution in [2.24, 2.45) is 0 Å². The Morgan fingerprint density at radius 1 is 1.12 bits per heavy atom. The fourth-order valence-electron chi connectivity index (χ4n) is 3.16. The van der Waals surface area contributed by atoms with E-state index in [4.69, 9.17) is 9.16 Å². The third-order valence-corrected chi connectivity index (χ3v) is 10.1. The molecule has 0 aliphatic carbocycles. The molecule has 0 N–H and O–H groups in total. The molecule has 1 amide bonds. The summed E-state index contributed by atoms with van der Waals surface area (Å²) in [6.07, 6.45) is 0. The highest BCUT2D eigenvalue weighted by Crippen LogP contribution is 2.49. The van der Waals surface area contributed by atoms with Crippen molar-refractivity contribution in [2.45, 2.75) is 70.3 Å². The van der Waals surface area contributed by atoms with E-state index in [1.165, 1.54) is 14.0 Å². The van der Waals surface area contributed by atoms with E-state index in [1.807, 2.05) is 33.9 Å². The van der Waals surface area contributed by atoms with Crippen molar-refractivity contribution in [1.29, 1.82) is 0 Å².